The van der Waals surface area contributed by atoms with Gasteiger partial charge in [0.2, 0.25) is 0 Å². The second-order valence-electron chi connectivity index (χ2n) is 7.06. The molecule has 1 unspecified atom stereocenters. The van der Waals surface area contributed by atoms with Crippen molar-refractivity contribution < 1.29 is 23.8 Å². The molecular weight excluding hydrogens is 363 g/mol. The molecule has 0 bridgehead atoms. The van der Waals surface area contributed by atoms with Gasteiger partial charge < -0.3 is 14.6 Å². The molecule has 1 atom stereocenters. The lowest BCUT2D eigenvalue weighted by Gasteiger charge is -2.32. The van der Waals surface area contributed by atoms with Gasteiger partial charge in [0.25, 0.3) is 0 Å². The van der Waals surface area contributed by atoms with Gasteiger partial charge in [-0.15, -0.1) is 0 Å². The van der Waals surface area contributed by atoms with E-state index in [0.29, 0.717) is 26.2 Å². The summed E-state index contributed by atoms with van der Waals surface area (Å²) in [5, 5.41) is 10.3. The van der Waals surface area contributed by atoms with Gasteiger partial charge in [0.05, 0.1) is 12.2 Å². The number of hydrogen-bond acceptors (Lipinski definition) is 5. The van der Waals surface area contributed by atoms with Crippen LogP contribution in [0.1, 0.15) is 11.1 Å². The number of ether oxygens (including phenoxy) is 2. The van der Waals surface area contributed by atoms with Crippen LogP contribution in [-0.2, 0) is 17.7 Å². The molecule has 1 N–H and O–H groups in total. The van der Waals surface area contributed by atoms with Crippen molar-refractivity contribution in [2.24, 2.45) is 0 Å². The number of hydrogen-bond donors (Lipinski definition) is 1. The Bertz CT molecular complexity index is 860. The van der Waals surface area contributed by atoms with E-state index in [4.69, 9.17) is 9.47 Å². The fraction of sp³-hybridized carbons (Fsp3) is 0.381. The largest absolute Gasteiger partial charge is 0.488 e. The SMILES string of the molecule is O=C1OCCN1c1cccc2c1CCN(CC(O)COc1ccccc1F)C2. The van der Waals surface area contributed by atoms with Crippen molar-refractivity contribution in [2.45, 2.75) is 19.1 Å². The van der Waals surface area contributed by atoms with Crippen molar-refractivity contribution in [3.05, 3.63) is 59.4 Å². The van der Waals surface area contributed by atoms with Gasteiger partial charge in [0.15, 0.2) is 11.6 Å². The predicted molar refractivity (Wildman–Crippen MR) is 102 cm³/mol. The third kappa shape index (κ3) is 3.95. The number of aliphatic hydroxyl groups excluding tert-OH is 1. The summed E-state index contributed by atoms with van der Waals surface area (Å²) in [6, 6.07) is 12.1. The smallest absolute Gasteiger partial charge is 0.414 e. The number of carbonyl (C=O) groups is 1. The normalized spacial score (nSPS) is 17.9. The van der Waals surface area contributed by atoms with E-state index >= 15 is 0 Å². The van der Waals surface area contributed by atoms with Gasteiger partial charge in [-0.2, -0.15) is 0 Å². The van der Waals surface area contributed by atoms with E-state index in [2.05, 4.69) is 11.0 Å². The summed E-state index contributed by atoms with van der Waals surface area (Å²) in [6.07, 6.45) is -0.231. The molecule has 1 amide bonds. The number of anilines is 1. The first kappa shape index (κ1) is 18.7. The number of para-hydroxylation sites is 1. The van der Waals surface area contributed by atoms with E-state index in [0.717, 1.165) is 29.8 Å². The zero-order chi connectivity index (χ0) is 19.5. The standard InChI is InChI=1S/C21H23FN2O4/c22-18-5-1-2-7-20(18)28-14-16(25)13-23-9-8-17-15(12-23)4-3-6-19(17)24-10-11-27-21(24)26/h1-7,16,25H,8-14H2. The molecule has 2 aromatic carbocycles. The number of benzene rings is 2. The van der Waals surface area contributed by atoms with Gasteiger partial charge in [-0.1, -0.05) is 24.3 Å². The Kier molecular flexibility index (Phi) is 5.45. The fourth-order valence-corrected chi connectivity index (χ4v) is 3.77. The third-order valence-corrected chi connectivity index (χ3v) is 5.11. The minimum Gasteiger partial charge on any atom is -0.488 e. The number of fused-ring (bicyclic) bond motifs is 1. The molecule has 1 fully saturated rings. The maximum absolute atomic E-state index is 13.6. The van der Waals surface area contributed by atoms with Crippen LogP contribution in [0.25, 0.3) is 0 Å². The second-order valence-corrected chi connectivity index (χ2v) is 7.06. The number of amides is 1. The third-order valence-electron chi connectivity index (χ3n) is 5.11. The van der Waals surface area contributed by atoms with Gasteiger partial charge in [-0.3, -0.25) is 9.80 Å². The van der Waals surface area contributed by atoms with Crippen LogP contribution in [0.2, 0.25) is 0 Å². The van der Waals surface area contributed by atoms with E-state index < -0.39 is 11.9 Å². The Morgan fingerprint density at radius 2 is 2.04 bits per heavy atom. The minimum absolute atomic E-state index is 0.0317. The molecule has 0 spiro atoms. The highest BCUT2D eigenvalue weighted by Gasteiger charge is 2.28. The van der Waals surface area contributed by atoms with Crippen LogP contribution < -0.4 is 9.64 Å². The maximum atomic E-state index is 13.6. The first-order valence-corrected chi connectivity index (χ1v) is 9.44. The zero-order valence-electron chi connectivity index (χ0n) is 15.5. The maximum Gasteiger partial charge on any atom is 0.414 e. The van der Waals surface area contributed by atoms with Crippen molar-refractivity contribution in [2.75, 3.05) is 37.7 Å². The van der Waals surface area contributed by atoms with E-state index in [1.54, 1.807) is 23.1 Å². The van der Waals surface area contributed by atoms with Gasteiger partial charge in [0.1, 0.15) is 19.3 Å². The summed E-state index contributed by atoms with van der Waals surface area (Å²) in [4.78, 5) is 15.7. The van der Waals surface area contributed by atoms with Gasteiger partial charge in [-0.25, -0.2) is 9.18 Å². The summed E-state index contributed by atoms with van der Waals surface area (Å²) in [5.74, 6) is -0.290. The van der Waals surface area contributed by atoms with Crippen LogP contribution in [0.15, 0.2) is 42.5 Å². The molecule has 0 aromatic heterocycles. The summed E-state index contributed by atoms with van der Waals surface area (Å²) < 4.78 is 24.1. The molecule has 148 valence electrons. The predicted octanol–water partition coefficient (Wildman–Crippen LogP) is 2.58. The molecule has 4 rings (SSSR count). The van der Waals surface area contributed by atoms with Crippen molar-refractivity contribution in [3.63, 3.8) is 0 Å². The topological polar surface area (TPSA) is 62.2 Å². The number of carbonyl (C=O) groups excluding carboxylic acids is 1. The van der Waals surface area contributed by atoms with Gasteiger partial charge >= 0.3 is 6.09 Å². The molecule has 2 aromatic rings. The molecule has 2 aliphatic heterocycles. The highest BCUT2D eigenvalue weighted by molar-refractivity contribution is 5.90. The van der Waals surface area contributed by atoms with Crippen LogP contribution >= 0.6 is 0 Å². The average molecular weight is 386 g/mol. The molecule has 28 heavy (non-hydrogen) atoms. The van der Waals surface area contributed by atoms with E-state index in [-0.39, 0.29) is 18.4 Å². The number of β-amino-alcohol motifs (C(OH)–C–C–N with tert-alkyl or cyclic N) is 1. The van der Waals surface area contributed by atoms with Crippen molar-refractivity contribution in [3.8, 4) is 5.75 Å². The summed E-state index contributed by atoms with van der Waals surface area (Å²) in [7, 11) is 0. The molecule has 6 nitrogen and oxygen atoms in total. The van der Waals surface area contributed by atoms with Gasteiger partial charge in [-0.05, 0) is 35.7 Å². The van der Waals surface area contributed by atoms with Gasteiger partial charge in [0, 0.05) is 19.6 Å². The Labute approximate surface area is 163 Å². The number of rotatable bonds is 6. The quantitative estimate of drug-likeness (QED) is 0.827. The summed E-state index contributed by atoms with van der Waals surface area (Å²) >= 11 is 0. The van der Waals surface area contributed by atoms with Crippen LogP contribution in [0.5, 0.6) is 5.75 Å². The number of aliphatic hydroxyl groups is 1. The molecule has 1 saturated heterocycles. The van der Waals surface area contributed by atoms with Crippen molar-refractivity contribution in [1.82, 2.24) is 4.90 Å². The second kappa shape index (κ2) is 8.16. The number of cyclic esters (lactones) is 1. The Morgan fingerprint density at radius 3 is 2.82 bits per heavy atom. The number of halogens is 1. The molecule has 2 aliphatic rings. The van der Waals surface area contributed by atoms with Crippen molar-refractivity contribution >= 4 is 11.8 Å². The molecule has 2 heterocycles. The highest BCUT2D eigenvalue weighted by atomic mass is 19.1. The zero-order valence-corrected chi connectivity index (χ0v) is 15.5. The lowest BCUT2D eigenvalue weighted by atomic mass is 9.97. The monoisotopic (exact) mass is 386 g/mol. The first-order chi connectivity index (χ1) is 13.6. The van der Waals surface area contributed by atoms with Crippen LogP contribution in [0.3, 0.4) is 0 Å². The van der Waals surface area contributed by atoms with E-state index in [1.807, 2.05) is 12.1 Å². The van der Waals surface area contributed by atoms with E-state index in [1.165, 1.54) is 6.07 Å². The lowest BCUT2D eigenvalue weighted by molar-refractivity contribution is 0.0625. The summed E-state index contributed by atoms with van der Waals surface area (Å²) in [6.45, 7) is 2.91. The molecular formula is C21H23FN2O4. The molecule has 7 heteroatoms. The molecule has 0 saturated carbocycles. The average Bonchev–Trinajstić information content (AvgIpc) is 3.12. The van der Waals surface area contributed by atoms with Crippen molar-refractivity contribution in [1.29, 1.82) is 0 Å². The highest BCUT2D eigenvalue weighted by Crippen LogP contribution is 2.30. The molecule has 0 aliphatic carbocycles. The Hall–Kier alpha value is -2.64. The van der Waals surface area contributed by atoms with Crippen LogP contribution in [-0.4, -0.2) is 55.1 Å². The van der Waals surface area contributed by atoms with E-state index in [9.17, 15) is 14.3 Å². The summed E-state index contributed by atoms with van der Waals surface area (Å²) in [5.41, 5.74) is 3.23. The van der Waals surface area contributed by atoms with Crippen LogP contribution in [0.4, 0.5) is 14.9 Å². The Morgan fingerprint density at radius 1 is 1.18 bits per heavy atom. The van der Waals surface area contributed by atoms with Crippen LogP contribution in [0, 0.1) is 5.82 Å². The molecule has 0 radical (unpaired) electrons. The minimum atomic E-state index is -0.724. The lowest BCUT2D eigenvalue weighted by Crippen LogP contribution is -2.39. The number of nitrogens with zero attached hydrogens (tertiary/aromatic N) is 2. The fourth-order valence-electron chi connectivity index (χ4n) is 3.77. The Balaban J connectivity index is 1.36. The first-order valence-electron chi connectivity index (χ1n) is 9.44.